The summed E-state index contributed by atoms with van der Waals surface area (Å²) in [5.41, 5.74) is -0.832. The molecule has 1 N–H and O–H groups in total. The molecular weight excluding hydrogens is 181 g/mol. The fraction of sp³-hybridized carbons (Fsp3) is 0.375. The van der Waals surface area contributed by atoms with Crippen molar-refractivity contribution in [3.63, 3.8) is 0 Å². The van der Waals surface area contributed by atoms with E-state index in [0.29, 0.717) is 6.54 Å². The van der Waals surface area contributed by atoms with Crippen molar-refractivity contribution < 1.29 is 13.2 Å². The first-order chi connectivity index (χ1) is 6.05. The van der Waals surface area contributed by atoms with Crippen LogP contribution in [0.4, 0.5) is 18.9 Å². The Labute approximate surface area is 73.8 Å². The predicted octanol–water partition coefficient (Wildman–Crippen LogP) is 2.33. The Hall–Kier alpha value is -1.26. The standard InChI is InChI=1S/C8H8F3N2/c1-2-13-7-3-4-12-5-6(7)8(9,10)11/h3-4H,2H2,1H3,(H,12,13). The second-order valence-electron chi connectivity index (χ2n) is 2.37. The molecule has 1 aromatic rings. The zero-order valence-corrected chi connectivity index (χ0v) is 6.94. The second-order valence-corrected chi connectivity index (χ2v) is 2.37. The van der Waals surface area contributed by atoms with Crippen LogP contribution in [0, 0.1) is 6.20 Å². The molecule has 0 unspecified atom stereocenters. The van der Waals surface area contributed by atoms with Gasteiger partial charge in [-0.15, -0.1) is 0 Å². The van der Waals surface area contributed by atoms with Gasteiger partial charge >= 0.3 is 6.18 Å². The average molecular weight is 189 g/mol. The maximum atomic E-state index is 12.3. The Balaban J connectivity index is 3.05. The molecule has 1 heterocycles. The van der Waals surface area contributed by atoms with Crippen LogP contribution in [-0.2, 0) is 6.18 Å². The van der Waals surface area contributed by atoms with E-state index in [9.17, 15) is 13.2 Å². The minimum atomic E-state index is -4.40. The summed E-state index contributed by atoms with van der Waals surface area (Å²) in [7, 11) is 0. The zero-order chi connectivity index (χ0) is 9.90. The van der Waals surface area contributed by atoms with Gasteiger partial charge in [-0.3, -0.25) is 4.98 Å². The van der Waals surface area contributed by atoms with E-state index < -0.39 is 11.7 Å². The van der Waals surface area contributed by atoms with Crippen molar-refractivity contribution in [2.75, 3.05) is 11.9 Å². The van der Waals surface area contributed by atoms with Gasteiger partial charge in [-0.05, 0) is 13.0 Å². The van der Waals surface area contributed by atoms with Crippen molar-refractivity contribution >= 4 is 5.69 Å². The number of hydrogen-bond donors (Lipinski definition) is 1. The Morgan fingerprint density at radius 2 is 2.23 bits per heavy atom. The van der Waals surface area contributed by atoms with Crippen LogP contribution < -0.4 is 5.32 Å². The molecule has 0 spiro atoms. The highest BCUT2D eigenvalue weighted by atomic mass is 19.4. The molecule has 1 radical (unpaired) electrons. The molecule has 0 saturated heterocycles. The summed E-state index contributed by atoms with van der Waals surface area (Å²) in [6.45, 7) is 2.15. The number of rotatable bonds is 2. The van der Waals surface area contributed by atoms with Crippen LogP contribution in [0.5, 0.6) is 0 Å². The van der Waals surface area contributed by atoms with E-state index in [2.05, 4.69) is 10.3 Å². The first-order valence-corrected chi connectivity index (χ1v) is 3.73. The smallest absolute Gasteiger partial charge is 0.385 e. The molecule has 0 aliphatic heterocycles. The number of alkyl halides is 3. The van der Waals surface area contributed by atoms with E-state index in [-0.39, 0.29) is 5.69 Å². The van der Waals surface area contributed by atoms with E-state index in [1.165, 1.54) is 12.3 Å². The van der Waals surface area contributed by atoms with Crippen LogP contribution in [0.3, 0.4) is 0 Å². The van der Waals surface area contributed by atoms with Gasteiger partial charge < -0.3 is 5.32 Å². The van der Waals surface area contributed by atoms with E-state index in [1.54, 1.807) is 6.92 Å². The lowest BCUT2D eigenvalue weighted by Gasteiger charge is -2.11. The van der Waals surface area contributed by atoms with E-state index in [4.69, 9.17) is 0 Å². The first kappa shape index (κ1) is 9.83. The van der Waals surface area contributed by atoms with Crippen molar-refractivity contribution in [3.8, 4) is 0 Å². The number of halogens is 3. The molecule has 0 aromatic carbocycles. The van der Waals surface area contributed by atoms with Gasteiger partial charge in [0.2, 0.25) is 0 Å². The molecule has 0 bridgehead atoms. The van der Waals surface area contributed by atoms with Gasteiger partial charge in [0.15, 0.2) is 0 Å². The molecule has 1 aromatic heterocycles. The maximum absolute atomic E-state index is 12.3. The highest BCUT2D eigenvalue weighted by Crippen LogP contribution is 2.33. The van der Waals surface area contributed by atoms with Crippen LogP contribution >= 0.6 is 0 Å². The SMILES string of the molecule is CCNc1ccn[c]c1C(F)(F)F. The largest absolute Gasteiger partial charge is 0.420 e. The van der Waals surface area contributed by atoms with Crippen LogP contribution in [0.25, 0.3) is 0 Å². The van der Waals surface area contributed by atoms with Crippen molar-refractivity contribution in [3.05, 3.63) is 24.0 Å². The van der Waals surface area contributed by atoms with E-state index in [1.807, 2.05) is 6.20 Å². The average Bonchev–Trinajstić information content (AvgIpc) is 2.04. The lowest BCUT2D eigenvalue weighted by atomic mass is 10.2. The quantitative estimate of drug-likeness (QED) is 0.772. The van der Waals surface area contributed by atoms with Crippen molar-refractivity contribution in [1.29, 1.82) is 0 Å². The fourth-order valence-corrected chi connectivity index (χ4v) is 0.911. The molecule has 0 amide bonds. The normalized spacial score (nSPS) is 11.4. The number of anilines is 1. The molecule has 0 aliphatic carbocycles. The van der Waals surface area contributed by atoms with Crippen LogP contribution in [0.2, 0.25) is 0 Å². The minimum absolute atomic E-state index is 0.0185. The van der Waals surface area contributed by atoms with Crippen LogP contribution in [0.1, 0.15) is 12.5 Å². The summed E-state index contributed by atoms with van der Waals surface area (Å²) >= 11 is 0. The Morgan fingerprint density at radius 1 is 1.54 bits per heavy atom. The monoisotopic (exact) mass is 189 g/mol. The third-order valence-electron chi connectivity index (χ3n) is 1.41. The molecule has 5 heteroatoms. The van der Waals surface area contributed by atoms with Crippen molar-refractivity contribution in [2.45, 2.75) is 13.1 Å². The zero-order valence-electron chi connectivity index (χ0n) is 6.94. The van der Waals surface area contributed by atoms with Gasteiger partial charge in [-0.25, -0.2) is 0 Å². The molecule has 0 fully saturated rings. The predicted molar refractivity (Wildman–Crippen MR) is 42.2 cm³/mol. The summed E-state index contributed by atoms with van der Waals surface area (Å²) in [5, 5.41) is 2.59. The van der Waals surface area contributed by atoms with Gasteiger partial charge in [0.1, 0.15) is 11.8 Å². The van der Waals surface area contributed by atoms with Gasteiger partial charge in [0, 0.05) is 12.7 Å². The molecule has 0 aliphatic rings. The first-order valence-electron chi connectivity index (χ1n) is 3.73. The highest BCUT2D eigenvalue weighted by molar-refractivity contribution is 5.50. The van der Waals surface area contributed by atoms with Gasteiger partial charge in [0.05, 0.1) is 5.69 Å². The Bertz CT molecular complexity index is 283. The lowest BCUT2D eigenvalue weighted by Crippen LogP contribution is -2.11. The third kappa shape index (κ3) is 2.34. The minimum Gasteiger partial charge on any atom is -0.385 e. The topological polar surface area (TPSA) is 24.9 Å². The number of aromatic nitrogens is 1. The summed E-state index contributed by atoms with van der Waals surface area (Å²) < 4.78 is 36.8. The van der Waals surface area contributed by atoms with Crippen LogP contribution in [0.15, 0.2) is 12.3 Å². The molecule has 13 heavy (non-hydrogen) atoms. The molecular formula is C8H8F3N2. The van der Waals surface area contributed by atoms with E-state index in [0.717, 1.165) is 0 Å². The summed E-state index contributed by atoms with van der Waals surface area (Å²) in [5.74, 6) is 0. The van der Waals surface area contributed by atoms with Crippen molar-refractivity contribution in [1.82, 2.24) is 4.98 Å². The van der Waals surface area contributed by atoms with E-state index >= 15 is 0 Å². The maximum Gasteiger partial charge on any atom is 0.420 e. The molecule has 0 atom stereocenters. The molecule has 2 nitrogen and oxygen atoms in total. The van der Waals surface area contributed by atoms with Gasteiger partial charge in [-0.1, -0.05) is 0 Å². The summed E-state index contributed by atoms with van der Waals surface area (Å²) in [6, 6.07) is 1.28. The van der Waals surface area contributed by atoms with Gasteiger partial charge in [-0.2, -0.15) is 13.2 Å². The molecule has 1 rings (SSSR count). The number of nitrogens with zero attached hydrogens (tertiary/aromatic N) is 1. The van der Waals surface area contributed by atoms with Crippen molar-refractivity contribution in [2.24, 2.45) is 0 Å². The summed E-state index contributed by atoms with van der Waals surface area (Å²) in [4.78, 5) is 3.31. The number of nitrogens with one attached hydrogen (secondary N) is 1. The van der Waals surface area contributed by atoms with Crippen LogP contribution in [-0.4, -0.2) is 11.5 Å². The Kier molecular flexibility index (Phi) is 2.75. The molecule has 0 saturated carbocycles. The third-order valence-corrected chi connectivity index (χ3v) is 1.41. The fourth-order valence-electron chi connectivity index (χ4n) is 0.911. The Morgan fingerprint density at radius 3 is 2.77 bits per heavy atom. The summed E-state index contributed by atoms with van der Waals surface area (Å²) in [6.07, 6.45) is -1.20. The number of pyridine rings is 1. The van der Waals surface area contributed by atoms with Gasteiger partial charge in [0.25, 0.3) is 0 Å². The lowest BCUT2D eigenvalue weighted by molar-refractivity contribution is -0.137. The molecule has 71 valence electrons. The number of hydrogen-bond acceptors (Lipinski definition) is 2. The highest BCUT2D eigenvalue weighted by Gasteiger charge is 2.33. The second kappa shape index (κ2) is 3.64.